The van der Waals surface area contributed by atoms with Crippen LogP contribution in [0.5, 0.6) is 11.9 Å². The molecule has 0 spiro atoms. The predicted octanol–water partition coefficient (Wildman–Crippen LogP) is 5.20. The Morgan fingerprint density at radius 2 is 1.70 bits per heavy atom. The maximum Gasteiger partial charge on any atom is 0.316 e. The second-order valence-electron chi connectivity index (χ2n) is 12.1. The van der Waals surface area contributed by atoms with E-state index in [0.717, 1.165) is 16.7 Å². The van der Waals surface area contributed by atoms with Crippen molar-refractivity contribution in [2.75, 3.05) is 18.4 Å². The molecule has 44 heavy (non-hydrogen) atoms. The molecule has 2 aromatic heterocycles. The van der Waals surface area contributed by atoms with Crippen molar-refractivity contribution in [3.63, 3.8) is 0 Å². The Morgan fingerprint density at radius 3 is 2.36 bits per heavy atom. The summed E-state index contributed by atoms with van der Waals surface area (Å²) >= 11 is 0. The van der Waals surface area contributed by atoms with Gasteiger partial charge in [-0.1, -0.05) is 45.0 Å². The van der Waals surface area contributed by atoms with Crippen LogP contribution in [0.1, 0.15) is 54.2 Å². The number of aromatic nitrogens is 4. The summed E-state index contributed by atoms with van der Waals surface area (Å²) < 4.78 is 41.0. The molecule has 0 unspecified atom stereocenters. The molecule has 4 aromatic rings. The number of benzene rings is 2. The molecule has 0 fully saturated rings. The highest BCUT2D eigenvalue weighted by Crippen LogP contribution is 2.31. The molecule has 230 valence electrons. The maximum absolute atomic E-state index is 14.2. The van der Waals surface area contributed by atoms with Crippen LogP contribution in [-0.2, 0) is 16.6 Å². The number of hydrogen-bond acceptors (Lipinski definition) is 9. The number of rotatable bonds is 5. The number of aryl methyl sites for hydroxylation is 2. The molecule has 2 aromatic carbocycles. The van der Waals surface area contributed by atoms with Gasteiger partial charge in [0.05, 0.1) is 23.7 Å². The molecule has 1 amide bonds. The molecular weight excluding hydrogens is 580 g/mol. The lowest BCUT2D eigenvalue weighted by atomic mass is 9.87. The van der Waals surface area contributed by atoms with Gasteiger partial charge in [0.1, 0.15) is 6.61 Å². The number of nitrogens with one attached hydrogen (secondary N) is 1. The summed E-state index contributed by atoms with van der Waals surface area (Å²) in [6.45, 7) is 10.5. The van der Waals surface area contributed by atoms with E-state index < -0.39 is 16.1 Å². The summed E-state index contributed by atoms with van der Waals surface area (Å²) in [5, 5.41) is 0. The summed E-state index contributed by atoms with van der Waals surface area (Å²) in [7, 11) is -2.68. The van der Waals surface area contributed by atoms with E-state index in [2.05, 4.69) is 45.4 Å². The fourth-order valence-corrected chi connectivity index (χ4v) is 6.26. The SMILES string of the molecule is COc1ncc(CN2C(=O)c3cccc(c3)S(=O)(=O)Nc3nc(cc(-c4c(C)cccc4C)n3)OC[C@H]2CC(C)(C)C)cn1. The Hall–Kier alpha value is -4.58. The fourth-order valence-electron chi connectivity index (χ4n) is 5.27. The highest BCUT2D eigenvalue weighted by Gasteiger charge is 2.31. The molecular formula is C32H36N6O5S. The molecule has 0 saturated heterocycles. The Labute approximate surface area is 257 Å². The van der Waals surface area contributed by atoms with Crippen LogP contribution in [0.3, 0.4) is 0 Å². The van der Waals surface area contributed by atoms with Crippen LogP contribution >= 0.6 is 0 Å². The van der Waals surface area contributed by atoms with Crippen molar-refractivity contribution in [1.82, 2.24) is 24.8 Å². The van der Waals surface area contributed by atoms with Gasteiger partial charge in [-0.15, -0.1) is 0 Å². The molecule has 1 aliphatic heterocycles. The summed E-state index contributed by atoms with van der Waals surface area (Å²) in [5.74, 6) is -0.305. The summed E-state index contributed by atoms with van der Waals surface area (Å²) in [5.41, 5.74) is 4.01. The molecule has 11 nitrogen and oxygen atoms in total. The van der Waals surface area contributed by atoms with E-state index in [4.69, 9.17) is 9.47 Å². The monoisotopic (exact) mass is 616 g/mol. The van der Waals surface area contributed by atoms with E-state index in [1.54, 1.807) is 35.5 Å². The second kappa shape index (κ2) is 12.2. The number of methoxy groups -OCH3 is 1. The Bertz CT molecular complexity index is 1770. The number of ether oxygens (including phenoxy) is 2. The van der Waals surface area contributed by atoms with Crippen molar-refractivity contribution in [3.05, 3.63) is 83.2 Å². The van der Waals surface area contributed by atoms with Crippen LogP contribution in [0.25, 0.3) is 11.3 Å². The number of hydrogen-bond donors (Lipinski definition) is 1. The number of amides is 1. The lowest BCUT2D eigenvalue weighted by Crippen LogP contribution is -2.45. The minimum absolute atomic E-state index is 0.0914. The van der Waals surface area contributed by atoms with Crippen molar-refractivity contribution in [1.29, 1.82) is 0 Å². The summed E-state index contributed by atoms with van der Waals surface area (Å²) in [6, 6.07) is 13.3. The topological polar surface area (TPSA) is 136 Å². The minimum Gasteiger partial charge on any atom is -0.475 e. The van der Waals surface area contributed by atoms with Crippen LogP contribution in [0.15, 0.2) is 65.8 Å². The number of carbonyl (C=O) groups excluding carboxylic acids is 1. The first-order valence-electron chi connectivity index (χ1n) is 14.2. The zero-order valence-electron chi connectivity index (χ0n) is 25.7. The van der Waals surface area contributed by atoms with Crippen LogP contribution in [0.4, 0.5) is 5.95 Å². The van der Waals surface area contributed by atoms with Gasteiger partial charge in [0.15, 0.2) is 0 Å². The molecule has 0 aliphatic carbocycles. The molecule has 1 atom stereocenters. The minimum atomic E-state index is -4.16. The average molecular weight is 617 g/mol. The fraction of sp³-hybridized carbons (Fsp3) is 0.344. The quantitative estimate of drug-likeness (QED) is 0.321. The van der Waals surface area contributed by atoms with E-state index >= 15 is 0 Å². The van der Waals surface area contributed by atoms with Gasteiger partial charge < -0.3 is 14.4 Å². The summed E-state index contributed by atoms with van der Waals surface area (Å²) in [6.07, 6.45) is 3.79. The Balaban J connectivity index is 1.67. The van der Waals surface area contributed by atoms with E-state index in [0.29, 0.717) is 17.7 Å². The number of sulfonamides is 1. The highest BCUT2D eigenvalue weighted by molar-refractivity contribution is 7.92. The smallest absolute Gasteiger partial charge is 0.316 e. The van der Waals surface area contributed by atoms with Gasteiger partial charge in [0.2, 0.25) is 11.8 Å². The van der Waals surface area contributed by atoms with Gasteiger partial charge in [-0.2, -0.15) is 4.98 Å². The normalized spacial score (nSPS) is 16.5. The van der Waals surface area contributed by atoms with E-state index in [1.807, 2.05) is 32.0 Å². The van der Waals surface area contributed by atoms with Crippen LogP contribution in [0, 0.1) is 19.3 Å². The van der Waals surface area contributed by atoms with Crippen LogP contribution in [-0.4, -0.2) is 58.9 Å². The Kier molecular flexibility index (Phi) is 8.55. The molecule has 1 aliphatic rings. The summed E-state index contributed by atoms with van der Waals surface area (Å²) in [4.78, 5) is 33.2. The molecule has 1 N–H and O–H groups in total. The lowest BCUT2D eigenvalue weighted by molar-refractivity contribution is 0.0512. The maximum atomic E-state index is 14.2. The van der Waals surface area contributed by atoms with Crippen LogP contribution < -0.4 is 14.2 Å². The third kappa shape index (κ3) is 6.96. The van der Waals surface area contributed by atoms with Crippen molar-refractivity contribution in [3.8, 4) is 23.1 Å². The van der Waals surface area contributed by atoms with Gasteiger partial charge in [-0.3, -0.25) is 4.79 Å². The molecule has 0 saturated carbocycles. The number of anilines is 1. The van der Waals surface area contributed by atoms with Crippen molar-refractivity contribution >= 4 is 21.9 Å². The second-order valence-corrected chi connectivity index (χ2v) is 13.7. The van der Waals surface area contributed by atoms with Crippen LogP contribution in [0.2, 0.25) is 0 Å². The van der Waals surface area contributed by atoms with Gasteiger partial charge in [-0.05, 0) is 55.0 Å². The molecule has 0 radical (unpaired) electrons. The van der Waals surface area contributed by atoms with Gasteiger partial charge >= 0.3 is 6.01 Å². The first-order chi connectivity index (χ1) is 20.8. The van der Waals surface area contributed by atoms with Gasteiger partial charge in [0, 0.05) is 41.7 Å². The van der Waals surface area contributed by atoms with Gasteiger partial charge in [-0.25, -0.2) is 28.1 Å². The Morgan fingerprint density at radius 1 is 1.02 bits per heavy atom. The average Bonchev–Trinajstić information content (AvgIpc) is 2.97. The number of fused-ring (bicyclic) bond motifs is 4. The zero-order valence-corrected chi connectivity index (χ0v) is 26.5. The largest absolute Gasteiger partial charge is 0.475 e. The van der Waals surface area contributed by atoms with Crippen molar-refractivity contribution in [2.45, 2.75) is 58.5 Å². The van der Waals surface area contributed by atoms with E-state index in [9.17, 15) is 13.2 Å². The third-order valence-corrected chi connectivity index (χ3v) is 8.57. The molecule has 5 rings (SSSR count). The number of nitrogens with zero attached hydrogens (tertiary/aromatic N) is 5. The molecule has 3 heterocycles. The molecule has 4 bridgehead atoms. The first-order valence-corrected chi connectivity index (χ1v) is 15.7. The highest BCUT2D eigenvalue weighted by atomic mass is 32.2. The molecule has 12 heteroatoms. The first kappa shape index (κ1) is 30.9. The van der Waals surface area contributed by atoms with Crippen molar-refractivity contribution in [2.24, 2.45) is 5.41 Å². The van der Waals surface area contributed by atoms with Gasteiger partial charge in [0.25, 0.3) is 15.9 Å². The van der Waals surface area contributed by atoms with E-state index in [1.165, 1.54) is 19.2 Å². The zero-order chi connectivity index (χ0) is 31.6. The predicted molar refractivity (Wildman–Crippen MR) is 166 cm³/mol. The van der Waals surface area contributed by atoms with E-state index in [-0.39, 0.29) is 52.8 Å². The standard InChI is InChI=1S/C32H36N6O5S/c1-20-9-7-10-21(2)28(20)26-14-27-36-30(35-26)37-44(40,41)25-12-8-11-23(13-25)29(39)38(24(19-43-27)15-32(3,4)5)18-22-16-33-31(42-6)34-17-22/h7-14,16-17,24H,15,18-19H2,1-6H3,(H,35,36,37)/t24-/m1/s1. The third-order valence-electron chi connectivity index (χ3n) is 7.25. The van der Waals surface area contributed by atoms with Crippen molar-refractivity contribution < 1.29 is 22.7 Å². The lowest BCUT2D eigenvalue weighted by Gasteiger charge is -2.35. The number of carbonyl (C=O) groups is 1.